The number of phenols is 1. The first-order valence-electron chi connectivity index (χ1n) is 6.97. The summed E-state index contributed by atoms with van der Waals surface area (Å²) in [7, 11) is 1.39. The molecule has 3 aromatic rings. The van der Waals surface area contributed by atoms with E-state index in [1.54, 1.807) is 18.2 Å². The summed E-state index contributed by atoms with van der Waals surface area (Å²) in [6.45, 7) is 0. The third-order valence-corrected chi connectivity index (χ3v) is 3.65. The molecule has 24 heavy (non-hydrogen) atoms. The fourth-order valence-corrected chi connectivity index (χ4v) is 2.52. The number of methoxy groups -OCH3 is 1. The molecule has 0 atom stereocenters. The summed E-state index contributed by atoms with van der Waals surface area (Å²) in [5.74, 6) is -0.686. The Balaban J connectivity index is 2.27. The van der Waals surface area contributed by atoms with Crippen molar-refractivity contribution >= 4 is 22.2 Å². The molecule has 7 heteroatoms. The van der Waals surface area contributed by atoms with Crippen LogP contribution in [-0.2, 0) is 0 Å². The monoisotopic (exact) mass is 324 g/mol. The van der Waals surface area contributed by atoms with Crippen LogP contribution in [0.15, 0.2) is 48.7 Å². The molecule has 0 aliphatic rings. The van der Waals surface area contributed by atoms with Gasteiger partial charge < -0.3 is 9.84 Å². The largest absolute Gasteiger partial charge is 0.504 e. The molecule has 1 aromatic heterocycles. The number of hydrogen-bond donors (Lipinski definition) is 1. The van der Waals surface area contributed by atoms with Crippen molar-refractivity contribution < 1.29 is 19.6 Å². The molecule has 0 bridgehead atoms. The fraction of sp³-hybridized carbons (Fsp3) is 0.0588. The summed E-state index contributed by atoms with van der Waals surface area (Å²) >= 11 is 0. The van der Waals surface area contributed by atoms with E-state index in [0.29, 0.717) is 5.39 Å². The highest BCUT2D eigenvalue weighted by molar-refractivity contribution is 6.18. The lowest BCUT2D eigenvalue weighted by Gasteiger charge is -2.10. The van der Waals surface area contributed by atoms with Crippen LogP contribution < -0.4 is 4.74 Å². The lowest BCUT2D eigenvalue weighted by atomic mass is 10.00. The van der Waals surface area contributed by atoms with Crippen molar-refractivity contribution in [1.82, 2.24) is 4.98 Å². The number of benzene rings is 2. The third-order valence-electron chi connectivity index (χ3n) is 3.65. The smallest absolute Gasteiger partial charge is 0.280 e. The van der Waals surface area contributed by atoms with Gasteiger partial charge in [0.1, 0.15) is 11.3 Å². The van der Waals surface area contributed by atoms with Crippen molar-refractivity contribution in [2.45, 2.75) is 0 Å². The first kappa shape index (κ1) is 15.4. The number of phenolic OH excluding ortho intramolecular Hbond substituents is 1. The number of nitrogens with zero attached hydrogens (tertiary/aromatic N) is 2. The number of nitro benzene ring substituents is 1. The van der Waals surface area contributed by atoms with Crippen molar-refractivity contribution in [3.8, 4) is 11.5 Å². The normalized spacial score (nSPS) is 10.5. The van der Waals surface area contributed by atoms with Crippen molar-refractivity contribution in [2.75, 3.05) is 7.11 Å². The van der Waals surface area contributed by atoms with Crippen LogP contribution in [0, 0.1) is 10.1 Å². The van der Waals surface area contributed by atoms with Gasteiger partial charge in [-0.1, -0.05) is 18.2 Å². The second kappa shape index (κ2) is 5.96. The van der Waals surface area contributed by atoms with E-state index in [0.717, 1.165) is 0 Å². The van der Waals surface area contributed by atoms with Gasteiger partial charge in [-0.25, -0.2) is 0 Å². The van der Waals surface area contributed by atoms with E-state index < -0.39 is 10.7 Å². The van der Waals surface area contributed by atoms with Gasteiger partial charge >= 0.3 is 0 Å². The lowest BCUT2D eigenvalue weighted by Crippen LogP contribution is -2.08. The standard InChI is InChI=1S/C17H12N2O5/c1-24-13-7-6-10-8-9-18-15(14(10)17(13)21)16(20)11-4-2-3-5-12(11)19(22)23/h2-9,21H,1H3. The lowest BCUT2D eigenvalue weighted by molar-refractivity contribution is -0.385. The van der Waals surface area contributed by atoms with E-state index in [2.05, 4.69) is 4.98 Å². The van der Waals surface area contributed by atoms with E-state index in [-0.39, 0.29) is 33.8 Å². The van der Waals surface area contributed by atoms with Gasteiger partial charge in [0.15, 0.2) is 11.5 Å². The number of aromatic hydroxyl groups is 1. The number of carbonyl (C=O) groups is 1. The van der Waals surface area contributed by atoms with Gasteiger partial charge in [-0.2, -0.15) is 0 Å². The zero-order chi connectivity index (χ0) is 17.3. The maximum Gasteiger partial charge on any atom is 0.280 e. The van der Waals surface area contributed by atoms with Crippen molar-refractivity contribution in [1.29, 1.82) is 0 Å². The van der Waals surface area contributed by atoms with Gasteiger partial charge in [0.2, 0.25) is 5.78 Å². The average Bonchev–Trinajstić information content (AvgIpc) is 2.61. The van der Waals surface area contributed by atoms with Crippen LogP contribution in [0.25, 0.3) is 10.8 Å². The quantitative estimate of drug-likeness (QED) is 0.449. The molecular weight excluding hydrogens is 312 g/mol. The van der Waals surface area contributed by atoms with Crippen LogP contribution in [0.2, 0.25) is 0 Å². The predicted octanol–water partition coefficient (Wildman–Crippen LogP) is 3.09. The molecule has 0 aliphatic heterocycles. The first-order valence-corrected chi connectivity index (χ1v) is 6.97. The first-order chi connectivity index (χ1) is 11.5. The van der Waals surface area contributed by atoms with Gasteiger partial charge in [0.05, 0.1) is 17.4 Å². The molecular formula is C17H12N2O5. The van der Waals surface area contributed by atoms with Gasteiger partial charge in [-0.15, -0.1) is 0 Å². The second-order valence-electron chi connectivity index (χ2n) is 4.98. The molecule has 0 saturated carbocycles. The predicted molar refractivity (Wildman–Crippen MR) is 86.5 cm³/mol. The number of ketones is 1. The Labute approximate surface area is 136 Å². The van der Waals surface area contributed by atoms with Crippen LogP contribution in [0.5, 0.6) is 11.5 Å². The highest BCUT2D eigenvalue weighted by atomic mass is 16.6. The zero-order valence-electron chi connectivity index (χ0n) is 12.6. The number of nitro groups is 1. The van der Waals surface area contributed by atoms with Crippen molar-refractivity contribution in [2.24, 2.45) is 0 Å². The van der Waals surface area contributed by atoms with Gasteiger partial charge in [-0.05, 0) is 23.6 Å². The average molecular weight is 324 g/mol. The van der Waals surface area contributed by atoms with E-state index in [1.165, 1.54) is 37.6 Å². The summed E-state index contributed by atoms with van der Waals surface area (Å²) in [5.41, 5.74) is -0.480. The molecule has 7 nitrogen and oxygen atoms in total. The molecule has 3 rings (SSSR count). The molecule has 1 N–H and O–H groups in total. The summed E-state index contributed by atoms with van der Waals surface area (Å²) in [4.78, 5) is 27.4. The van der Waals surface area contributed by atoms with Crippen molar-refractivity contribution in [3.63, 3.8) is 0 Å². The van der Waals surface area contributed by atoms with Crippen LogP contribution in [-0.4, -0.2) is 27.9 Å². The van der Waals surface area contributed by atoms with Gasteiger partial charge in [0.25, 0.3) is 5.69 Å². The Kier molecular flexibility index (Phi) is 3.83. The van der Waals surface area contributed by atoms with Crippen LogP contribution in [0.4, 0.5) is 5.69 Å². The highest BCUT2D eigenvalue weighted by Crippen LogP contribution is 2.36. The Morgan fingerprint density at radius 3 is 2.67 bits per heavy atom. The number of rotatable bonds is 4. The Bertz CT molecular complexity index is 968. The highest BCUT2D eigenvalue weighted by Gasteiger charge is 2.24. The second-order valence-corrected chi connectivity index (χ2v) is 4.98. The molecule has 0 saturated heterocycles. The zero-order valence-corrected chi connectivity index (χ0v) is 12.6. The fourth-order valence-electron chi connectivity index (χ4n) is 2.52. The Morgan fingerprint density at radius 1 is 1.21 bits per heavy atom. The van der Waals surface area contributed by atoms with Crippen LogP contribution in [0.1, 0.15) is 16.1 Å². The molecule has 0 unspecified atom stereocenters. The van der Waals surface area contributed by atoms with E-state index in [1.807, 2.05) is 0 Å². The van der Waals surface area contributed by atoms with E-state index >= 15 is 0 Å². The van der Waals surface area contributed by atoms with Gasteiger partial charge in [0, 0.05) is 12.3 Å². The minimum Gasteiger partial charge on any atom is -0.504 e. The summed E-state index contributed by atoms with van der Waals surface area (Å²) in [6.07, 6.45) is 1.41. The van der Waals surface area contributed by atoms with E-state index in [9.17, 15) is 20.0 Å². The molecule has 0 fully saturated rings. The third kappa shape index (κ3) is 2.41. The molecule has 120 valence electrons. The summed E-state index contributed by atoms with van der Waals surface area (Å²) in [5, 5.41) is 22.3. The number of fused-ring (bicyclic) bond motifs is 1. The number of pyridine rings is 1. The maximum atomic E-state index is 12.8. The van der Waals surface area contributed by atoms with E-state index in [4.69, 9.17) is 4.74 Å². The maximum absolute atomic E-state index is 12.8. The SMILES string of the molecule is COc1ccc2ccnc(C(=O)c3ccccc3[N+](=O)[O-])c2c1O. The molecule has 0 amide bonds. The van der Waals surface area contributed by atoms with Crippen LogP contribution in [0.3, 0.4) is 0 Å². The number of para-hydroxylation sites is 1. The number of aromatic nitrogens is 1. The molecule has 0 aliphatic carbocycles. The topological polar surface area (TPSA) is 103 Å². The summed E-state index contributed by atoms with van der Waals surface area (Å²) < 4.78 is 5.06. The minimum absolute atomic E-state index is 0.0711. The molecule has 0 spiro atoms. The number of hydrogen-bond acceptors (Lipinski definition) is 6. The number of ether oxygens (including phenoxy) is 1. The van der Waals surface area contributed by atoms with Gasteiger partial charge in [-0.3, -0.25) is 19.9 Å². The van der Waals surface area contributed by atoms with Crippen molar-refractivity contribution in [3.05, 3.63) is 70.0 Å². The molecule has 2 aromatic carbocycles. The number of carbonyl (C=O) groups excluding carboxylic acids is 1. The Morgan fingerprint density at radius 2 is 1.96 bits per heavy atom. The minimum atomic E-state index is -0.642. The molecule has 1 heterocycles. The molecule has 0 radical (unpaired) electrons. The Hall–Kier alpha value is -3.48. The van der Waals surface area contributed by atoms with Crippen LogP contribution >= 0.6 is 0 Å². The summed E-state index contributed by atoms with van der Waals surface area (Å²) in [6, 6.07) is 10.5.